The predicted octanol–water partition coefficient (Wildman–Crippen LogP) is 3.58. The van der Waals surface area contributed by atoms with Crippen LogP contribution in [0.3, 0.4) is 0 Å². The van der Waals surface area contributed by atoms with Gasteiger partial charge in [-0.1, -0.05) is 42.5 Å². The lowest BCUT2D eigenvalue weighted by atomic mass is 9.91. The Hall–Kier alpha value is -3.54. The molecule has 1 aliphatic rings. The van der Waals surface area contributed by atoms with Gasteiger partial charge < -0.3 is 10.6 Å². The van der Waals surface area contributed by atoms with Crippen molar-refractivity contribution in [3.8, 4) is 11.3 Å². The summed E-state index contributed by atoms with van der Waals surface area (Å²) >= 11 is 0. The Morgan fingerprint density at radius 3 is 2.65 bits per heavy atom. The Kier molecular flexibility index (Phi) is 6.36. The number of piperidine rings is 1. The first kappa shape index (κ1) is 20.7. The number of carbonyl (C=O) groups excluding carboxylic acids is 2. The summed E-state index contributed by atoms with van der Waals surface area (Å²) in [5.74, 6) is -0.190. The van der Waals surface area contributed by atoms with Gasteiger partial charge in [0.2, 0.25) is 11.8 Å². The Morgan fingerprint density at radius 1 is 1.03 bits per heavy atom. The van der Waals surface area contributed by atoms with Crippen LogP contribution in [0.15, 0.2) is 67.0 Å². The van der Waals surface area contributed by atoms with Crippen molar-refractivity contribution in [2.24, 2.45) is 5.73 Å². The third kappa shape index (κ3) is 4.97. The van der Waals surface area contributed by atoms with Crippen LogP contribution >= 0.6 is 0 Å². The monoisotopic (exact) mass is 414 g/mol. The van der Waals surface area contributed by atoms with E-state index in [1.54, 1.807) is 30.6 Å². The van der Waals surface area contributed by atoms with Crippen molar-refractivity contribution in [1.29, 1.82) is 0 Å². The molecule has 0 spiro atoms. The first-order valence-corrected chi connectivity index (χ1v) is 10.6. The highest BCUT2D eigenvalue weighted by molar-refractivity contribution is 5.94. The third-order valence-corrected chi connectivity index (χ3v) is 5.78. The maximum absolute atomic E-state index is 12.9. The number of amides is 2. The number of nitrogens with two attached hydrogens (primary N) is 1. The SMILES string of the molecule is NC(=O)c1cccc(-c2nccnc2C2CCCN(C(=O)CCc3ccccc3)C2)c1. The van der Waals surface area contributed by atoms with Gasteiger partial charge in [-0.3, -0.25) is 19.6 Å². The molecule has 31 heavy (non-hydrogen) atoms. The van der Waals surface area contributed by atoms with E-state index in [4.69, 9.17) is 5.73 Å². The maximum atomic E-state index is 12.9. The van der Waals surface area contributed by atoms with Gasteiger partial charge in [0.05, 0.1) is 11.4 Å². The van der Waals surface area contributed by atoms with Crippen LogP contribution < -0.4 is 5.73 Å². The number of aryl methyl sites for hydroxylation is 1. The fourth-order valence-electron chi connectivity index (χ4n) is 4.17. The fourth-order valence-corrected chi connectivity index (χ4v) is 4.17. The summed E-state index contributed by atoms with van der Waals surface area (Å²) in [5, 5.41) is 0. The van der Waals surface area contributed by atoms with E-state index in [0.29, 0.717) is 18.5 Å². The molecule has 2 heterocycles. The zero-order chi connectivity index (χ0) is 21.6. The van der Waals surface area contributed by atoms with Crippen molar-refractivity contribution in [3.05, 3.63) is 83.8 Å². The zero-order valence-corrected chi connectivity index (χ0v) is 17.4. The number of carbonyl (C=O) groups is 2. The summed E-state index contributed by atoms with van der Waals surface area (Å²) in [7, 11) is 0. The maximum Gasteiger partial charge on any atom is 0.248 e. The van der Waals surface area contributed by atoms with Gasteiger partial charge in [0.25, 0.3) is 0 Å². The molecule has 6 nitrogen and oxygen atoms in total. The van der Waals surface area contributed by atoms with Crippen LogP contribution in [0.2, 0.25) is 0 Å². The van der Waals surface area contributed by atoms with Gasteiger partial charge in [-0.2, -0.15) is 0 Å². The van der Waals surface area contributed by atoms with Gasteiger partial charge in [0, 0.05) is 48.9 Å². The summed E-state index contributed by atoms with van der Waals surface area (Å²) in [4.78, 5) is 35.6. The van der Waals surface area contributed by atoms with Crippen LogP contribution in [-0.2, 0) is 11.2 Å². The van der Waals surface area contributed by atoms with E-state index in [2.05, 4.69) is 22.1 Å². The molecule has 1 fully saturated rings. The second-order valence-electron chi connectivity index (χ2n) is 7.90. The summed E-state index contributed by atoms with van der Waals surface area (Å²) in [6.07, 6.45) is 6.47. The van der Waals surface area contributed by atoms with Crippen LogP contribution in [-0.4, -0.2) is 39.8 Å². The van der Waals surface area contributed by atoms with E-state index in [9.17, 15) is 9.59 Å². The molecule has 1 aliphatic heterocycles. The Bertz CT molecular complexity index is 1070. The van der Waals surface area contributed by atoms with Gasteiger partial charge in [0.15, 0.2) is 0 Å². The minimum absolute atomic E-state index is 0.107. The Morgan fingerprint density at radius 2 is 1.84 bits per heavy atom. The second-order valence-corrected chi connectivity index (χ2v) is 7.90. The van der Waals surface area contributed by atoms with Crippen molar-refractivity contribution in [2.75, 3.05) is 13.1 Å². The minimum atomic E-state index is -0.472. The lowest BCUT2D eigenvalue weighted by Gasteiger charge is -2.33. The molecule has 1 atom stereocenters. The number of benzene rings is 2. The smallest absolute Gasteiger partial charge is 0.248 e. The molecule has 158 valence electrons. The van der Waals surface area contributed by atoms with Crippen LogP contribution in [0.5, 0.6) is 0 Å². The highest BCUT2D eigenvalue weighted by Gasteiger charge is 2.27. The van der Waals surface area contributed by atoms with E-state index in [1.807, 2.05) is 29.2 Å². The molecular formula is C25H26N4O2. The van der Waals surface area contributed by atoms with E-state index in [1.165, 1.54) is 5.56 Å². The highest BCUT2D eigenvalue weighted by Crippen LogP contribution is 2.32. The van der Waals surface area contributed by atoms with E-state index < -0.39 is 5.91 Å². The minimum Gasteiger partial charge on any atom is -0.366 e. The van der Waals surface area contributed by atoms with Crippen LogP contribution in [0.4, 0.5) is 0 Å². The van der Waals surface area contributed by atoms with E-state index in [-0.39, 0.29) is 11.8 Å². The number of rotatable bonds is 6. The van der Waals surface area contributed by atoms with E-state index in [0.717, 1.165) is 42.8 Å². The molecule has 1 aromatic heterocycles. The summed E-state index contributed by atoms with van der Waals surface area (Å²) < 4.78 is 0. The predicted molar refractivity (Wildman–Crippen MR) is 119 cm³/mol. The lowest BCUT2D eigenvalue weighted by molar-refractivity contribution is -0.132. The number of nitrogens with zero attached hydrogens (tertiary/aromatic N) is 3. The van der Waals surface area contributed by atoms with E-state index >= 15 is 0 Å². The number of aromatic nitrogens is 2. The molecule has 0 radical (unpaired) electrons. The normalized spacial score (nSPS) is 16.1. The molecule has 2 N–H and O–H groups in total. The zero-order valence-electron chi connectivity index (χ0n) is 17.4. The molecular weight excluding hydrogens is 388 g/mol. The van der Waals surface area contributed by atoms with Gasteiger partial charge in [-0.15, -0.1) is 0 Å². The third-order valence-electron chi connectivity index (χ3n) is 5.78. The molecule has 1 saturated heterocycles. The number of primary amides is 1. The first-order chi connectivity index (χ1) is 15.1. The van der Waals surface area contributed by atoms with Crippen molar-refractivity contribution in [2.45, 2.75) is 31.6 Å². The summed E-state index contributed by atoms with van der Waals surface area (Å²) in [6.45, 7) is 1.41. The lowest BCUT2D eigenvalue weighted by Crippen LogP contribution is -2.39. The van der Waals surface area contributed by atoms with Crippen molar-refractivity contribution < 1.29 is 9.59 Å². The average Bonchev–Trinajstić information content (AvgIpc) is 2.83. The molecule has 1 unspecified atom stereocenters. The Labute approximate surface area is 182 Å². The highest BCUT2D eigenvalue weighted by atomic mass is 16.2. The molecule has 4 rings (SSSR count). The molecule has 3 aromatic rings. The fraction of sp³-hybridized carbons (Fsp3) is 0.280. The molecule has 2 aromatic carbocycles. The number of hydrogen-bond acceptors (Lipinski definition) is 4. The molecule has 2 amide bonds. The van der Waals surface area contributed by atoms with Gasteiger partial charge in [0.1, 0.15) is 0 Å². The van der Waals surface area contributed by atoms with Gasteiger partial charge >= 0.3 is 0 Å². The molecule has 6 heteroatoms. The summed E-state index contributed by atoms with van der Waals surface area (Å²) in [5.41, 5.74) is 9.48. The average molecular weight is 415 g/mol. The van der Waals surface area contributed by atoms with Crippen LogP contribution in [0.1, 0.15) is 46.8 Å². The Balaban J connectivity index is 1.50. The van der Waals surface area contributed by atoms with Crippen molar-refractivity contribution in [3.63, 3.8) is 0 Å². The van der Waals surface area contributed by atoms with Gasteiger partial charge in [-0.25, -0.2) is 0 Å². The molecule has 0 saturated carbocycles. The summed E-state index contributed by atoms with van der Waals surface area (Å²) in [6, 6.07) is 17.2. The number of hydrogen-bond donors (Lipinski definition) is 1. The first-order valence-electron chi connectivity index (χ1n) is 10.6. The largest absolute Gasteiger partial charge is 0.366 e. The second kappa shape index (κ2) is 9.51. The molecule has 0 bridgehead atoms. The standard InChI is InChI=1S/C25H26N4O2/c26-25(31)20-9-4-8-19(16-20)23-24(28-14-13-27-23)21-10-5-15-29(17-21)22(30)12-11-18-6-2-1-3-7-18/h1-4,6-9,13-14,16,21H,5,10-12,15,17H2,(H2,26,31). The van der Waals surface area contributed by atoms with Gasteiger partial charge in [-0.05, 0) is 37.0 Å². The van der Waals surface area contributed by atoms with Crippen molar-refractivity contribution in [1.82, 2.24) is 14.9 Å². The van der Waals surface area contributed by atoms with Crippen LogP contribution in [0.25, 0.3) is 11.3 Å². The topological polar surface area (TPSA) is 89.2 Å². The van der Waals surface area contributed by atoms with Crippen LogP contribution in [0, 0.1) is 0 Å². The van der Waals surface area contributed by atoms with Crippen molar-refractivity contribution >= 4 is 11.8 Å². The quantitative estimate of drug-likeness (QED) is 0.668. The molecule has 0 aliphatic carbocycles. The number of likely N-dealkylation sites (tertiary alicyclic amines) is 1.